The van der Waals surface area contributed by atoms with Gasteiger partial charge in [0.05, 0.1) is 24.3 Å². The summed E-state index contributed by atoms with van der Waals surface area (Å²) < 4.78 is 9.76. The summed E-state index contributed by atoms with van der Waals surface area (Å²) in [4.78, 5) is 40.7. The van der Waals surface area contributed by atoms with Gasteiger partial charge >= 0.3 is 17.8 Å². The van der Waals surface area contributed by atoms with Crippen LogP contribution >= 0.6 is 0 Å². The maximum Gasteiger partial charge on any atom is 0.378 e. The van der Waals surface area contributed by atoms with Crippen LogP contribution in [0.1, 0.15) is 34.7 Å². The van der Waals surface area contributed by atoms with Crippen LogP contribution < -0.4 is 0 Å². The normalized spacial score (nSPS) is 10.2. The molecule has 0 spiro atoms. The highest BCUT2D eigenvalue weighted by molar-refractivity contribution is 5.99. The Labute approximate surface area is 136 Å². The van der Waals surface area contributed by atoms with Crippen molar-refractivity contribution in [3.05, 3.63) is 45.9 Å². The summed E-state index contributed by atoms with van der Waals surface area (Å²) in [5.74, 6) is -1.80. The summed E-state index contributed by atoms with van der Waals surface area (Å²) in [7, 11) is 0. The van der Waals surface area contributed by atoms with Crippen LogP contribution in [0.5, 0.6) is 0 Å². The number of aromatic amines is 1. The molecule has 0 fully saturated rings. The number of aromatic nitrogens is 2. The van der Waals surface area contributed by atoms with Crippen molar-refractivity contribution < 1.29 is 24.0 Å². The summed E-state index contributed by atoms with van der Waals surface area (Å²) in [6, 6.07) is 2.71. The Morgan fingerprint density at radius 2 is 1.88 bits per heavy atom. The molecule has 126 valence electrons. The van der Waals surface area contributed by atoms with Crippen molar-refractivity contribution in [3.8, 4) is 11.1 Å². The van der Waals surface area contributed by atoms with Crippen molar-refractivity contribution in [1.29, 1.82) is 0 Å². The van der Waals surface area contributed by atoms with Gasteiger partial charge in [0, 0.05) is 24.0 Å². The molecule has 0 bridgehead atoms. The number of pyridine rings is 1. The Balaban J connectivity index is 2.58. The van der Waals surface area contributed by atoms with Gasteiger partial charge < -0.3 is 19.6 Å². The van der Waals surface area contributed by atoms with E-state index in [9.17, 15) is 19.7 Å². The van der Waals surface area contributed by atoms with E-state index >= 15 is 0 Å². The van der Waals surface area contributed by atoms with Gasteiger partial charge in [0.15, 0.2) is 0 Å². The van der Waals surface area contributed by atoms with Crippen LogP contribution in [0.4, 0.5) is 5.82 Å². The average molecular weight is 333 g/mol. The van der Waals surface area contributed by atoms with E-state index in [-0.39, 0.29) is 35.6 Å². The molecule has 0 aliphatic carbocycles. The van der Waals surface area contributed by atoms with Crippen molar-refractivity contribution in [2.75, 3.05) is 13.2 Å². The third-order valence-corrected chi connectivity index (χ3v) is 3.08. The molecule has 0 aliphatic heterocycles. The molecule has 1 N–H and O–H groups in total. The molecule has 2 aromatic rings. The van der Waals surface area contributed by atoms with Crippen LogP contribution in [-0.4, -0.2) is 40.0 Å². The van der Waals surface area contributed by atoms with Crippen molar-refractivity contribution in [2.24, 2.45) is 0 Å². The van der Waals surface area contributed by atoms with E-state index in [0.717, 1.165) is 0 Å². The first-order chi connectivity index (χ1) is 11.5. The number of nitrogens with zero attached hydrogens (tertiary/aromatic N) is 2. The predicted octanol–water partition coefficient (Wildman–Crippen LogP) is 2.34. The van der Waals surface area contributed by atoms with E-state index in [1.807, 2.05) is 0 Å². The minimum Gasteiger partial charge on any atom is -0.462 e. The topological polar surface area (TPSA) is 124 Å². The standard InChI is InChI=1S/C15H15N3O6/c1-3-23-14(19)11-8-16-6-5-9(11)10-7-12(15(20)24-4-2)17-13(10)18(21)22/h5-8,17H,3-4H2,1-2H3. The molecular formula is C15H15N3O6. The zero-order chi connectivity index (χ0) is 17.7. The van der Waals surface area contributed by atoms with E-state index in [1.54, 1.807) is 13.8 Å². The SMILES string of the molecule is CCOC(=O)c1cc(-c2ccncc2C(=O)OCC)c([N+](=O)[O-])[nH]1. The summed E-state index contributed by atoms with van der Waals surface area (Å²) in [6.07, 6.45) is 2.65. The van der Waals surface area contributed by atoms with Crippen LogP contribution in [0, 0.1) is 10.1 Å². The first-order valence-corrected chi connectivity index (χ1v) is 7.15. The Hall–Kier alpha value is -3.23. The summed E-state index contributed by atoms with van der Waals surface area (Å²) in [6.45, 7) is 3.55. The lowest BCUT2D eigenvalue weighted by molar-refractivity contribution is -0.388. The van der Waals surface area contributed by atoms with Gasteiger partial charge in [0.1, 0.15) is 0 Å². The van der Waals surface area contributed by atoms with Crippen molar-refractivity contribution in [2.45, 2.75) is 13.8 Å². The number of nitro groups is 1. The van der Waals surface area contributed by atoms with Gasteiger partial charge in [-0.25, -0.2) is 14.6 Å². The maximum absolute atomic E-state index is 12.0. The van der Waals surface area contributed by atoms with Crippen LogP contribution in [0.15, 0.2) is 24.5 Å². The second kappa shape index (κ2) is 7.36. The van der Waals surface area contributed by atoms with Gasteiger partial charge in [-0.1, -0.05) is 0 Å². The molecule has 24 heavy (non-hydrogen) atoms. The lowest BCUT2D eigenvalue weighted by Gasteiger charge is -2.06. The quantitative estimate of drug-likeness (QED) is 0.488. The van der Waals surface area contributed by atoms with E-state index in [1.165, 1.54) is 24.5 Å². The number of esters is 2. The fraction of sp³-hybridized carbons (Fsp3) is 0.267. The predicted molar refractivity (Wildman–Crippen MR) is 82.6 cm³/mol. The van der Waals surface area contributed by atoms with Gasteiger partial charge in [-0.15, -0.1) is 0 Å². The van der Waals surface area contributed by atoms with Gasteiger partial charge in [0.25, 0.3) is 0 Å². The Morgan fingerprint density at radius 1 is 1.21 bits per heavy atom. The lowest BCUT2D eigenvalue weighted by Crippen LogP contribution is -2.07. The molecule has 0 saturated heterocycles. The molecule has 0 saturated carbocycles. The Kier molecular flexibility index (Phi) is 5.25. The first kappa shape index (κ1) is 17.1. The average Bonchev–Trinajstić information content (AvgIpc) is 3.01. The molecule has 0 aliphatic rings. The maximum atomic E-state index is 12.0. The van der Waals surface area contributed by atoms with Crippen molar-refractivity contribution >= 4 is 17.8 Å². The van der Waals surface area contributed by atoms with E-state index in [0.29, 0.717) is 0 Å². The molecular weight excluding hydrogens is 318 g/mol. The van der Waals surface area contributed by atoms with Crippen molar-refractivity contribution in [1.82, 2.24) is 9.97 Å². The molecule has 9 heteroatoms. The number of carbonyl (C=O) groups excluding carboxylic acids is 2. The number of nitrogens with one attached hydrogen (secondary N) is 1. The van der Waals surface area contributed by atoms with Crippen LogP contribution in [-0.2, 0) is 9.47 Å². The molecule has 2 heterocycles. The van der Waals surface area contributed by atoms with Crippen LogP contribution in [0.3, 0.4) is 0 Å². The number of hydrogen-bond acceptors (Lipinski definition) is 7. The van der Waals surface area contributed by atoms with Gasteiger partial charge in [-0.3, -0.25) is 4.98 Å². The summed E-state index contributed by atoms with van der Waals surface area (Å²) in [5, 5.41) is 11.3. The third kappa shape index (κ3) is 3.40. The molecule has 0 radical (unpaired) electrons. The van der Waals surface area contributed by atoms with Gasteiger partial charge in [-0.05, 0) is 24.8 Å². The highest BCUT2D eigenvalue weighted by Crippen LogP contribution is 2.33. The van der Waals surface area contributed by atoms with E-state index in [4.69, 9.17) is 9.47 Å². The minimum atomic E-state index is -0.724. The summed E-state index contributed by atoms with van der Waals surface area (Å²) >= 11 is 0. The highest BCUT2D eigenvalue weighted by atomic mass is 16.6. The first-order valence-electron chi connectivity index (χ1n) is 7.15. The fourth-order valence-corrected chi connectivity index (χ4v) is 2.11. The highest BCUT2D eigenvalue weighted by Gasteiger charge is 2.27. The Morgan fingerprint density at radius 3 is 2.50 bits per heavy atom. The molecule has 0 aromatic carbocycles. The molecule has 0 unspecified atom stereocenters. The lowest BCUT2D eigenvalue weighted by atomic mass is 10.0. The number of carbonyl (C=O) groups is 2. The van der Waals surface area contributed by atoms with E-state index < -0.39 is 22.7 Å². The van der Waals surface area contributed by atoms with Gasteiger partial charge in [0.2, 0.25) is 5.69 Å². The second-order valence-electron chi connectivity index (χ2n) is 4.56. The molecule has 2 aromatic heterocycles. The monoisotopic (exact) mass is 333 g/mol. The molecule has 0 amide bonds. The fourth-order valence-electron chi connectivity index (χ4n) is 2.11. The van der Waals surface area contributed by atoms with Crippen LogP contribution in [0.2, 0.25) is 0 Å². The Bertz CT molecular complexity index is 783. The smallest absolute Gasteiger partial charge is 0.378 e. The zero-order valence-corrected chi connectivity index (χ0v) is 13.1. The number of H-pyrrole nitrogens is 1. The molecule has 0 atom stereocenters. The van der Waals surface area contributed by atoms with Crippen LogP contribution in [0.25, 0.3) is 11.1 Å². The van der Waals surface area contributed by atoms with Crippen molar-refractivity contribution in [3.63, 3.8) is 0 Å². The zero-order valence-electron chi connectivity index (χ0n) is 13.1. The third-order valence-electron chi connectivity index (χ3n) is 3.08. The summed E-state index contributed by atoms with van der Waals surface area (Å²) in [5.41, 5.74) is 0.303. The molecule has 9 nitrogen and oxygen atoms in total. The molecule has 2 rings (SSSR count). The largest absolute Gasteiger partial charge is 0.462 e. The number of rotatable bonds is 6. The number of hydrogen-bond donors (Lipinski definition) is 1. The van der Waals surface area contributed by atoms with Gasteiger partial charge in [-0.2, -0.15) is 0 Å². The van der Waals surface area contributed by atoms with E-state index in [2.05, 4.69) is 9.97 Å². The number of ether oxygens (including phenoxy) is 2. The minimum absolute atomic E-state index is 0.0665. The second-order valence-corrected chi connectivity index (χ2v) is 4.56.